The molecule has 1 amide bonds. The number of carbonyl (C=O) groups is 1. The first-order chi connectivity index (χ1) is 9.98. The molecule has 1 fully saturated rings. The quantitative estimate of drug-likeness (QED) is 0.904. The Hall–Kier alpha value is -1.05. The summed E-state index contributed by atoms with van der Waals surface area (Å²) in [5.74, 6) is 0.565. The fraction of sp³-hybridized carbons (Fsp3) is 0.500. The highest BCUT2D eigenvalue weighted by molar-refractivity contribution is 7.99. The Labute approximate surface area is 129 Å². The molecule has 3 rings (SSSR count). The number of hydrogen-bond acceptors (Lipinski definition) is 4. The van der Waals surface area contributed by atoms with Crippen molar-refractivity contribution in [2.24, 2.45) is 5.92 Å². The third-order valence-corrected chi connectivity index (χ3v) is 7.08. The molecule has 2 heterocycles. The van der Waals surface area contributed by atoms with Gasteiger partial charge in [0.1, 0.15) is 0 Å². The molecule has 1 unspecified atom stereocenters. The van der Waals surface area contributed by atoms with Gasteiger partial charge in [-0.3, -0.25) is 4.79 Å². The standard InChI is InChI=1S/C14H18N2O3S2/c1-10-9-20-13-5-4-11(8-12(13)15-14(10)17)21(18,19)16-6-2-3-7-16/h4-5,8,10H,2-3,6-7,9H2,1H3,(H,15,17). The maximum absolute atomic E-state index is 12.6. The molecule has 7 heteroatoms. The first-order valence-corrected chi connectivity index (χ1v) is 9.49. The van der Waals surface area contributed by atoms with Crippen molar-refractivity contribution < 1.29 is 13.2 Å². The Balaban J connectivity index is 1.96. The molecule has 0 radical (unpaired) electrons. The number of hydrogen-bond donors (Lipinski definition) is 1. The molecular formula is C14H18N2O3S2. The maximum Gasteiger partial charge on any atom is 0.243 e. The van der Waals surface area contributed by atoms with E-state index in [4.69, 9.17) is 0 Å². The second kappa shape index (κ2) is 5.62. The maximum atomic E-state index is 12.6. The lowest BCUT2D eigenvalue weighted by atomic mass is 10.2. The Bertz CT molecular complexity index is 667. The summed E-state index contributed by atoms with van der Waals surface area (Å²) in [5.41, 5.74) is 0.606. The van der Waals surface area contributed by atoms with Gasteiger partial charge < -0.3 is 5.32 Å². The third-order valence-electron chi connectivity index (χ3n) is 3.85. The molecule has 1 saturated heterocycles. The van der Waals surface area contributed by atoms with E-state index in [0.717, 1.165) is 17.7 Å². The summed E-state index contributed by atoms with van der Waals surface area (Å²) in [6.45, 7) is 3.03. The van der Waals surface area contributed by atoms with Crippen LogP contribution >= 0.6 is 11.8 Å². The minimum Gasteiger partial charge on any atom is -0.325 e. The molecule has 0 aromatic heterocycles. The van der Waals surface area contributed by atoms with Gasteiger partial charge in [-0.25, -0.2) is 8.42 Å². The van der Waals surface area contributed by atoms with E-state index >= 15 is 0 Å². The van der Waals surface area contributed by atoms with Gasteiger partial charge in [-0.1, -0.05) is 6.92 Å². The molecule has 1 aromatic carbocycles. The van der Waals surface area contributed by atoms with Gasteiger partial charge in [0.25, 0.3) is 0 Å². The predicted octanol–water partition coefficient (Wildman–Crippen LogP) is 2.15. The minimum atomic E-state index is -3.44. The van der Waals surface area contributed by atoms with Crippen LogP contribution in [0.5, 0.6) is 0 Å². The highest BCUT2D eigenvalue weighted by atomic mass is 32.2. The largest absolute Gasteiger partial charge is 0.325 e. The van der Waals surface area contributed by atoms with Crippen LogP contribution in [-0.4, -0.2) is 37.5 Å². The van der Waals surface area contributed by atoms with E-state index in [0.29, 0.717) is 24.5 Å². The third kappa shape index (κ3) is 2.82. The molecule has 2 aliphatic heterocycles. The van der Waals surface area contributed by atoms with Crippen molar-refractivity contribution in [2.75, 3.05) is 24.2 Å². The number of anilines is 1. The second-order valence-corrected chi connectivity index (χ2v) is 8.47. The second-order valence-electron chi connectivity index (χ2n) is 5.47. The van der Waals surface area contributed by atoms with Crippen molar-refractivity contribution in [3.63, 3.8) is 0 Å². The number of rotatable bonds is 2. The van der Waals surface area contributed by atoms with Crippen LogP contribution in [0.25, 0.3) is 0 Å². The van der Waals surface area contributed by atoms with Crippen LogP contribution in [0.2, 0.25) is 0 Å². The number of amides is 1. The molecule has 0 bridgehead atoms. The number of nitrogens with zero attached hydrogens (tertiary/aromatic N) is 1. The van der Waals surface area contributed by atoms with Crippen LogP contribution in [0.4, 0.5) is 5.69 Å². The summed E-state index contributed by atoms with van der Waals surface area (Å²) in [6.07, 6.45) is 1.82. The fourth-order valence-electron chi connectivity index (χ4n) is 2.52. The fourth-order valence-corrected chi connectivity index (χ4v) is 5.07. The summed E-state index contributed by atoms with van der Waals surface area (Å²) >= 11 is 1.58. The summed E-state index contributed by atoms with van der Waals surface area (Å²) in [4.78, 5) is 13.1. The average molecular weight is 326 g/mol. The van der Waals surface area contributed by atoms with Gasteiger partial charge in [-0.2, -0.15) is 4.31 Å². The van der Waals surface area contributed by atoms with Crippen molar-refractivity contribution in [1.82, 2.24) is 4.31 Å². The molecule has 21 heavy (non-hydrogen) atoms. The van der Waals surface area contributed by atoms with Gasteiger partial charge in [0.15, 0.2) is 0 Å². The molecule has 0 spiro atoms. The van der Waals surface area contributed by atoms with Crippen molar-refractivity contribution in [1.29, 1.82) is 0 Å². The van der Waals surface area contributed by atoms with E-state index in [1.807, 2.05) is 6.92 Å². The molecule has 2 aliphatic rings. The van der Waals surface area contributed by atoms with Crippen LogP contribution in [0.1, 0.15) is 19.8 Å². The van der Waals surface area contributed by atoms with Crippen molar-refractivity contribution in [3.05, 3.63) is 18.2 Å². The lowest BCUT2D eigenvalue weighted by Crippen LogP contribution is -2.28. The number of nitrogens with one attached hydrogen (secondary N) is 1. The molecule has 1 aromatic rings. The van der Waals surface area contributed by atoms with E-state index < -0.39 is 10.0 Å². The Kier molecular flexibility index (Phi) is 3.98. The van der Waals surface area contributed by atoms with Crippen LogP contribution < -0.4 is 5.32 Å². The first kappa shape index (κ1) is 14.9. The molecular weight excluding hydrogens is 308 g/mol. The molecule has 1 N–H and O–H groups in total. The number of fused-ring (bicyclic) bond motifs is 1. The van der Waals surface area contributed by atoms with Gasteiger partial charge in [0.2, 0.25) is 15.9 Å². The SMILES string of the molecule is CC1CSc2ccc(S(=O)(=O)N3CCCC3)cc2NC1=O. The highest BCUT2D eigenvalue weighted by Gasteiger charge is 2.28. The predicted molar refractivity (Wildman–Crippen MR) is 83.0 cm³/mol. The summed E-state index contributed by atoms with van der Waals surface area (Å²) in [7, 11) is -3.44. The zero-order valence-corrected chi connectivity index (χ0v) is 13.5. The van der Waals surface area contributed by atoms with E-state index in [-0.39, 0.29) is 16.7 Å². The molecule has 114 valence electrons. The smallest absolute Gasteiger partial charge is 0.243 e. The zero-order chi connectivity index (χ0) is 15.0. The Morgan fingerprint density at radius 3 is 2.71 bits per heavy atom. The monoisotopic (exact) mass is 326 g/mol. The van der Waals surface area contributed by atoms with Gasteiger partial charge >= 0.3 is 0 Å². The number of sulfonamides is 1. The lowest BCUT2D eigenvalue weighted by molar-refractivity contribution is -0.118. The van der Waals surface area contributed by atoms with Crippen LogP contribution in [-0.2, 0) is 14.8 Å². The molecule has 0 aliphatic carbocycles. The van der Waals surface area contributed by atoms with Gasteiger partial charge in [0, 0.05) is 29.7 Å². The van der Waals surface area contributed by atoms with Gasteiger partial charge in [-0.15, -0.1) is 11.8 Å². The number of benzene rings is 1. The minimum absolute atomic E-state index is 0.0584. The normalized spacial score (nSPS) is 23.5. The van der Waals surface area contributed by atoms with E-state index in [2.05, 4.69) is 5.32 Å². The van der Waals surface area contributed by atoms with Crippen LogP contribution in [0.15, 0.2) is 28.0 Å². The van der Waals surface area contributed by atoms with Gasteiger partial charge in [0.05, 0.1) is 10.6 Å². The summed E-state index contributed by atoms with van der Waals surface area (Å²) < 4.78 is 26.6. The van der Waals surface area contributed by atoms with Gasteiger partial charge in [-0.05, 0) is 31.0 Å². The Morgan fingerprint density at radius 1 is 1.29 bits per heavy atom. The van der Waals surface area contributed by atoms with Crippen molar-refractivity contribution >= 4 is 33.4 Å². The lowest BCUT2D eigenvalue weighted by Gasteiger charge is -2.17. The Morgan fingerprint density at radius 2 is 2.00 bits per heavy atom. The topological polar surface area (TPSA) is 66.5 Å². The average Bonchev–Trinajstić information content (AvgIpc) is 2.96. The van der Waals surface area contributed by atoms with Crippen molar-refractivity contribution in [2.45, 2.75) is 29.6 Å². The first-order valence-electron chi connectivity index (χ1n) is 7.06. The molecule has 1 atom stereocenters. The van der Waals surface area contributed by atoms with Crippen LogP contribution in [0.3, 0.4) is 0 Å². The summed E-state index contributed by atoms with van der Waals surface area (Å²) in [6, 6.07) is 5.02. The zero-order valence-electron chi connectivity index (χ0n) is 11.8. The van der Waals surface area contributed by atoms with E-state index in [1.165, 1.54) is 4.31 Å². The molecule has 0 saturated carbocycles. The molecule has 5 nitrogen and oxygen atoms in total. The number of thioether (sulfide) groups is 1. The van der Waals surface area contributed by atoms with Crippen molar-refractivity contribution in [3.8, 4) is 0 Å². The highest BCUT2D eigenvalue weighted by Crippen LogP contribution is 2.35. The summed E-state index contributed by atoms with van der Waals surface area (Å²) in [5, 5.41) is 2.83. The van der Waals surface area contributed by atoms with Crippen LogP contribution in [0, 0.1) is 5.92 Å². The number of carbonyl (C=O) groups excluding carboxylic acids is 1. The van der Waals surface area contributed by atoms with E-state index in [1.54, 1.807) is 30.0 Å². The van der Waals surface area contributed by atoms with E-state index in [9.17, 15) is 13.2 Å².